The third kappa shape index (κ3) is 5.40. The monoisotopic (exact) mass is 312 g/mol. The zero-order valence-corrected chi connectivity index (χ0v) is 13.6. The normalized spacial score (nSPS) is 11.3. The summed E-state index contributed by atoms with van der Waals surface area (Å²) >= 11 is 1.65. The summed E-state index contributed by atoms with van der Waals surface area (Å²) < 4.78 is 10.8. The lowest BCUT2D eigenvalue weighted by molar-refractivity contribution is 0.115. The molecule has 0 aliphatic rings. The summed E-state index contributed by atoms with van der Waals surface area (Å²) in [5, 5.41) is 2.03. The Balaban J connectivity index is 1.73. The smallest absolute Gasteiger partial charge is 0.118 e. The first-order chi connectivity index (χ1) is 10.8. The van der Waals surface area contributed by atoms with Gasteiger partial charge < -0.3 is 9.47 Å². The third-order valence-corrected chi connectivity index (χ3v) is 3.97. The summed E-state index contributed by atoms with van der Waals surface area (Å²) in [5.41, 5.74) is 1.14. The van der Waals surface area contributed by atoms with Crippen LogP contribution in [0, 0.1) is 17.8 Å². The van der Waals surface area contributed by atoms with Gasteiger partial charge in [0.15, 0.2) is 0 Å². The fourth-order valence-electron chi connectivity index (χ4n) is 1.88. The minimum Gasteiger partial charge on any atom is -0.497 e. The Hall–Kier alpha value is -2.02. The fraction of sp³-hybridized carbons (Fsp3) is 0.263. The standard InChI is InChI=1S/C19H20O2S/c1-3-16(8-11-19-5-4-14-22-19)12-13-21-15-17-6-9-18(20-2)10-7-17/h3-7,9-10,14,16H,1,12-13,15H2,2H3/t16-/m1/s1. The first-order valence-corrected chi connectivity index (χ1v) is 8.08. The van der Waals surface area contributed by atoms with Gasteiger partial charge in [-0.2, -0.15) is 0 Å². The van der Waals surface area contributed by atoms with Crippen LogP contribution < -0.4 is 4.74 Å². The molecule has 0 N–H and O–H groups in total. The van der Waals surface area contributed by atoms with Gasteiger partial charge in [0.25, 0.3) is 0 Å². The molecule has 2 aromatic rings. The molecule has 0 unspecified atom stereocenters. The molecule has 2 rings (SSSR count). The van der Waals surface area contributed by atoms with Gasteiger partial charge in [-0.3, -0.25) is 0 Å². The van der Waals surface area contributed by atoms with Crippen molar-refractivity contribution in [3.63, 3.8) is 0 Å². The van der Waals surface area contributed by atoms with Crippen molar-refractivity contribution in [2.24, 2.45) is 5.92 Å². The lowest BCUT2D eigenvalue weighted by Crippen LogP contribution is -2.01. The quantitative estimate of drug-likeness (QED) is 0.425. The highest BCUT2D eigenvalue weighted by atomic mass is 32.1. The van der Waals surface area contributed by atoms with Gasteiger partial charge in [0.05, 0.1) is 18.6 Å². The maximum atomic E-state index is 5.71. The Labute approximate surface area is 136 Å². The van der Waals surface area contributed by atoms with E-state index in [1.165, 1.54) is 0 Å². The Morgan fingerprint density at radius 3 is 2.73 bits per heavy atom. The molecular formula is C19H20O2S. The van der Waals surface area contributed by atoms with E-state index < -0.39 is 0 Å². The van der Waals surface area contributed by atoms with Gasteiger partial charge in [-0.1, -0.05) is 36.1 Å². The SMILES string of the molecule is C=C[C@H](C#Cc1cccs1)CCOCc1ccc(OC)cc1. The van der Waals surface area contributed by atoms with Crippen molar-refractivity contribution in [1.82, 2.24) is 0 Å². The van der Waals surface area contributed by atoms with Crippen molar-refractivity contribution in [1.29, 1.82) is 0 Å². The average molecular weight is 312 g/mol. The van der Waals surface area contributed by atoms with Gasteiger partial charge in [0.1, 0.15) is 5.75 Å². The summed E-state index contributed by atoms with van der Waals surface area (Å²) in [7, 11) is 1.66. The van der Waals surface area contributed by atoms with Gasteiger partial charge in [0, 0.05) is 12.5 Å². The maximum Gasteiger partial charge on any atom is 0.118 e. The molecule has 1 heterocycles. The number of thiophene rings is 1. The van der Waals surface area contributed by atoms with Crippen LogP contribution in [0.2, 0.25) is 0 Å². The van der Waals surface area contributed by atoms with Gasteiger partial charge in [-0.15, -0.1) is 17.9 Å². The van der Waals surface area contributed by atoms with Crippen LogP contribution in [0.1, 0.15) is 16.9 Å². The second-order valence-electron chi connectivity index (χ2n) is 4.78. The number of ether oxygens (including phenoxy) is 2. The predicted molar refractivity (Wildman–Crippen MR) is 92.2 cm³/mol. The van der Waals surface area contributed by atoms with Crippen molar-refractivity contribution < 1.29 is 9.47 Å². The fourth-order valence-corrected chi connectivity index (χ4v) is 2.46. The Kier molecular flexibility index (Phi) is 6.76. The van der Waals surface area contributed by atoms with E-state index in [1.807, 2.05) is 47.9 Å². The summed E-state index contributed by atoms with van der Waals surface area (Å²) in [6.07, 6.45) is 2.75. The Morgan fingerprint density at radius 1 is 1.27 bits per heavy atom. The molecule has 0 fully saturated rings. The van der Waals surface area contributed by atoms with Crippen LogP contribution in [0.5, 0.6) is 5.75 Å². The maximum absolute atomic E-state index is 5.71. The first kappa shape index (κ1) is 16.4. The molecule has 0 aliphatic carbocycles. The van der Waals surface area contributed by atoms with E-state index in [1.54, 1.807) is 18.4 Å². The van der Waals surface area contributed by atoms with Gasteiger partial charge in [-0.25, -0.2) is 0 Å². The van der Waals surface area contributed by atoms with E-state index >= 15 is 0 Å². The summed E-state index contributed by atoms with van der Waals surface area (Å²) in [4.78, 5) is 1.09. The van der Waals surface area contributed by atoms with Crippen molar-refractivity contribution in [3.05, 3.63) is 64.9 Å². The molecule has 2 nitrogen and oxygen atoms in total. The Bertz CT molecular complexity index is 618. The van der Waals surface area contributed by atoms with E-state index in [0.717, 1.165) is 22.6 Å². The lowest BCUT2D eigenvalue weighted by Gasteiger charge is -2.07. The van der Waals surface area contributed by atoms with Crippen LogP contribution in [0.15, 0.2) is 54.4 Å². The largest absolute Gasteiger partial charge is 0.497 e. The van der Waals surface area contributed by atoms with Crippen LogP contribution in [-0.4, -0.2) is 13.7 Å². The van der Waals surface area contributed by atoms with E-state index in [4.69, 9.17) is 9.47 Å². The molecule has 0 bridgehead atoms. The molecule has 0 aliphatic heterocycles. The predicted octanol–water partition coefficient (Wildman–Crippen LogP) is 4.52. The molecule has 1 aromatic heterocycles. The molecule has 0 spiro atoms. The van der Waals surface area contributed by atoms with Crippen LogP contribution in [0.3, 0.4) is 0 Å². The topological polar surface area (TPSA) is 18.5 Å². The van der Waals surface area contributed by atoms with Gasteiger partial charge >= 0.3 is 0 Å². The van der Waals surface area contributed by atoms with Gasteiger partial charge in [0.2, 0.25) is 0 Å². The van der Waals surface area contributed by atoms with E-state index in [2.05, 4.69) is 18.4 Å². The molecule has 1 aromatic carbocycles. The second-order valence-corrected chi connectivity index (χ2v) is 5.73. The van der Waals surface area contributed by atoms with Crippen molar-refractivity contribution in [3.8, 4) is 17.6 Å². The minimum atomic E-state index is 0.165. The zero-order chi connectivity index (χ0) is 15.6. The lowest BCUT2D eigenvalue weighted by atomic mass is 10.1. The minimum absolute atomic E-state index is 0.165. The Morgan fingerprint density at radius 2 is 2.09 bits per heavy atom. The molecule has 114 valence electrons. The summed E-state index contributed by atoms with van der Waals surface area (Å²) in [5.74, 6) is 7.43. The van der Waals surface area contributed by atoms with E-state index in [0.29, 0.717) is 13.2 Å². The molecule has 1 atom stereocenters. The zero-order valence-electron chi connectivity index (χ0n) is 12.7. The van der Waals surface area contributed by atoms with Crippen molar-refractivity contribution in [2.75, 3.05) is 13.7 Å². The molecule has 0 amide bonds. The van der Waals surface area contributed by atoms with E-state index in [-0.39, 0.29) is 5.92 Å². The van der Waals surface area contributed by atoms with Crippen LogP contribution in [-0.2, 0) is 11.3 Å². The second kappa shape index (κ2) is 9.09. The van der Waals surface area contributed by atoms with Crippen LogP contribution >= 0.6 is 11.3 Å². The number of allylic oxidation sites excluding steroid dienone is 1. The highest BCUT2D eigenvalue weighted by molar-refractivity contribution is 7.10. The van der Waals surface area contributed by atoms with Crippen molar-refractivity contribution in [2.45, 2.75) is 13.0 Å². The molecule has 0 radical (unpaired) electrons. The van der Waals surface area contributed by atoms with Crippen LogP contribution in [0.25, 0.3) is 0 Å². The first-order valence-electron chi connectivity index (χ1n) is 7.20. The number of methoxy groups -OCH3 is 1. The molecule has 0 saturated heterocycles. The highest BCUT2D eigenvalue weighted by Gasteiger charge is 2.01. The third-order valence-electron chi connectivity index (χ3n) is 3.19. The van der Waals surface area contributed by atoms with Crippen molar-refractivity contribution >= 4 is 11.3 Å². The number of rotatable bonds is 7. The number of hydrogen-bond acceptors (Lipinski definition) is 3. The summed E-state index contributed by atoms with van der Waals surface area (Å²) in [6.45, 7) is 5.12. The van der Waals surface area contributed by atoms with Crippen LogP contribution in [0.4, 0.5) is 0 Å². The molecule has 3 heteroatoms. The average Bonchev–Trinajstić information content (AvgIpc) is 3.08. The molecule has 22 heavy (non-hydrogen) atoms. The van der Waals surface area contributed by atoms with Gasteiger partial charge in [-0.05, 0) is 35.6 Å². The molecular weight excluding hydrogens is 292 g/mol. The highest BCUT2D eigenvalue weighted by Crippen LogP contribution is 2.13. The molecule has 0 saturated carbocycles. The number of hydrogen-bond donors (Lipinski definition) is 0. The van der Waals surface area contributed by atoms with E-state index in [9.17, 15) is 0 Å². The summed E-state index contributed by atoms with van der Waals surface area (Å²) in [6, 6.07) is 11.9. The number of benzene rings is 1.